The van der Waals surface area contributed by atoms with Crippen LogP contribution in [0.5, 0.6) is 11.6 Å². The monoisotopic (exact) mass is 417 g/mol. The first-order valence-electron chi connectivity index (χ1n) is 10.1. The van der Waals surface area contributed by atoms with Gasteiger partial charge in [-0.1, -0.05) is 18.2 Å². The summed E-state index contributed by atoms with van der Waals surface area (Å²) >= 11 is 0. The molecule has 4 rings (SSSR count). The number of nitrogens with one attached hydrogen (secondary N) is 3. The first-order valence-corrected chi connectivity index (χ1v) is 10.1. The molecule has 2 aromatic heterocycles. The molecule has 2 aromatic carbocycles. The molecule has 0 radical (unpaired) electrons. The summed E-state index contributed by atoms with van der Waals surface area (Å²) in [5.41, 5.74) is 3.42. The Bertz CT molecular complexity index is 1170. The van der Waals surface area contributed by atoms with E-state index in [1.165, 1.54) is 23.1 Å². The van der Waals surface area contributed by atoms with Gasteiger partial charge in [0, 0.05) is 49.5 Å². The zero-order valence-electron chi connectivity index (χ0n) is 17.2. The van der Waals surface area contributed by atoms with Crippen molar-refractivity contribution < 1.29 is 9.13 Å². The van der Waals surface area contributed by atoms with Crippen LogP contribution in [0.15, 0.2) is 78.0 Å². The summed E-state index contributed by atoms with van der Waals surface area (Å²) in [6.45, 7) is 1.33. The van der Waals surface area contributed by atoms with Crippen LogP contribution in [0.2, 0.25) is 0 Å². The van der Waals surface area contributed by atoms with E-state index in [2.05, 4.69) is 50.0 Å². The average molecular weight is 417 g/mol. The van der Waals surface area contributed by atoms with E-state index >= 15 is 0 Å². The number of aromatic nitrogens is 2. The predicted octanol–water partition coefficient (Wildman–Crippen LogP) is 4.40. The maximum absolute atomic E-state index is 13.0. The average Bonchev–Trinajstić information content (AvgIpc) is 3.21. The molecule has 3 N–H and O–H groups in total. The van der Waals surface area contributed by atoms with Gasteiger partial charge in [-0.15, -0.1) is 0 Å². The van der Waals surface area contributed by atoms with E-state index in [1.807, 2.05) is 18.2 Å². The smallest absolute Gasteiger partial charge is 0.219 e. The second kappa shape index (κ2) is 9.75. The van der Waals surface area contributed by atoms with Crippen LogP contribution in [0.25, 0.3) is 10.9 Å². The lowest BCUT2D eigenvalue weighted by molar-refractivity contribution is 0.460. The van der Waals surface area contributed by atoms with Crippen molar-refractivity contribution in [2.24, 2.45) is 4.99 Å². The standard InChI is InChI=1S/C24H24FN5O/c1-26-24(28-13-11-18-16-29-22-5-3-2-4-21(18)22)30-15-17-10-12-27-23(14-17)31-20-8-6-19(25)7-9-20/h2-10,12,14,16,29H,11,13,15H2,1H3,(H2,26,28,30). The highest BCUT2D eigenvalue weighted by Crippen LogP contribution is 2.20. The molecule has 0 unspecified atom stereocenters. The minimum absolute atomic E-state index is 0.304. The lowest BCUT2D eigenvalue weighted by atomic mass is 10.1. The Hall–Kier alpha value is -3.87. The number of hydrogen-bond donors (Lipinski definition) is 3. The van der Waals surface area contributed by atoms with E-state index < -0.39 is 0 Å². The van der Waals surface area contributed by atoms with Gasteiger partial charge < -0.3 is 20.4 Å². The van der Waals surface area contributed by atoms with Crippen LogP contribution in [-0.4, -0.2) is 29.5 Å². The van der Waals surface area contributed by atoms with Crippen molar-refractivity contribution in [1.29, 1.82) is 0 Å². The van der Waals surface area contributed by atoms with Crippen LogP contribution in [0, 0.1) is 5.82 Å². The van der Waals surface area contributed by atoms with Gasteiger partial charge in [0.05, 0.1) is 0 Å². The topological polar surface area (TPSA) is 74.3 Å². The molecule has 0 saturated carbocycles. The maximum atomic E-state index is 13.0. The minimum atomic E-state index is -0.304. The number of rotatable bonds is 7. The first kappa shape index (κ1) is 20.4. The predicted molar refractivity (Wildman–Crippen MR) is 121 cm³/mol. The molecule has 0 bridgehead atoms. The lowest BCUT2D eigenvalue weighted by Crippen LogP contribution is -2.37. The molecule has 158 valence electrons. The fraction of sp³-hybridized carbons (Fsp3) is 0.167. The number of fused-ring (bicyclic) bond motifs is 1. The van der Waals surface area contributed by atoms with Crippen molar-refractivity contribution in [3.63, 3.8) is 0 Å². The SMILES string of the molecule is CN=C(NCCc1c[nH]c2ccccc12)NCc1ccnc(Oc2ccc(F)cc2)c1. The van der Waals surface area contributed by atoms with Gasteiger partial charge in [0.25, 0.3) is 0 Å². The molecule has 0 spiro atoms. The van der Waals surface area contributed by atoms with Gasteiger partial charge in [-0.25, -0.2) is 9.37 Å². The third-order valence-corrected chi connectivity index (χ3v) is 4.88. The Morgan fingerprint density at radius 1 is 1.10 bits per heavy atom. The number of benzene rings is 2. The summed E-state index contributed by atoms with van der Waals surface area (Å²) in [6.07, 6.45) is 4.63. The summed E-state index contributed by atoms with van der Waals surface area (Å²) in [6, 6.07) is 17.9. The van der Waals surface area contributed by atoms with E-state index in [0.717, 1.165) is 30.0 Å². The van der Waals surface area contributed by atoms with E-state index in [4.69, 9.17) is 4.74 Å². The molecular formula is C24H24FN5O. The summed E-state index contributed by atoms with van der Waals surface area (Å²) in [5.74, 6) is 1.40. The molecule has 2 heterocycles. The summed E-state index contributed by atoms with van der Waals surface area (Å²) in [7, 11) is 1.75. The van der Waals surface area contributed by atoms with Gasteiger partial charge in [0.2, 0.25) is 5.88 Å². The number of H-pyrrole nitrogens is 1. The van der Waals surface area contributed by atoms with E-state index in [0.29, 0.717) is 18.2 Å². The first-order chi connectivity index (χ1) is 15.2. The Morgan fingerprint density at radius 2 is 1.94 bits per heavy atom. The van der Waals surface area contributed by atoms with Crippen molar-refractivity contribution in [2.75, 3.05) is 13.6 Å². The number of aromatic amines is 1. The number of nitrogens with zero attached hydrogens (tertiary/aromatic N) is 2. The normalized spacial score (nSPS) is 11.5. The van der Waals surface area contributed by atoms with Gasteiger partial charge in [-0.2, -0.15) is 0 Å². The van der Waals surface area contributed by atoms with Crippen LogP contribution in [0.4, 0.5) is 4.39 Å². The minimum Gasteiger partial charge on any atom is -0.439 e. The zero-order chi connectivity index (χ0) is 21.5. The van der Waals surface area contributed by atoms with Crippen molar-refractivity contribution in [1.82, 2.24) is 20.6 Å². The number of guanidine groups is 1. The van der Waals surface area contributed by atoms with Gasteiger partial charge in [-0.05, 0) is 53.9 Å². The quantitative estimate of drug-likeness (QED) is 0.308. The highest BCUT2D eigenvalue weighted by atomic mass is 19.1. The van der Waals surface area contributed by atoms with Crippen molar-refractivity contribution >= 4 is 16.9 Å². The fourth-order valence-corrected chi connectivity index (χ4v) is 3.30. The molecule has 7 heteroatoms. The maximum Gasteiger partial charge on any atom is 0.219 e. The number of ether oxygens (including phenoxy) is 1. The van der Waals surface area contributed by atoms with Crippen molar-refractivity contribution in [3.05, 3.63) is 90.0 Å². The fourth-order valence-electron chi connectivity index (χ4n) is 3.30. The van der Waals surface area contributed by atoms with Gasteiger partial charge in [-0.3, -0.25) is 4.99 Å². The van der Waals surface area contributed by atoms with Gasteiger partial charge in [0.15, 0.2) is 5.96 Å². The molecule has 0 amide bonds. The summed E-state index contributed by atoms with van der Waals surface area (Å²) in [5, 5.41) is 7.89. The number of para-hydroxylation sites is 1. The van der Waals surface area contributed by atoms with Gasteiger partial charge in [0.1, 0.15) is 11.6 Å². The number of pyridine rings is 1. The molecule has 6 nitrogen and oxygen atoms in total. The highest BCUT2D eigenvalue weighted by Gasteiger charge is 2.05. The van der Waals surface area contributed by atoms with Crippen LogP contribution >= 0.6 is 0 Å². The molecule has 0 saturated heterocycles. The molecule has 0 aliphatic heterocycles. The van der Waals surface area contributed by atoms with Crippen LogP contribution in [-0.2, 0) is 13.0 Å². The molecule has 0 atom stereocenters. The lowest BCUT2D eigenvalue weighted by Gasteiger charge is -2.12. The van der Waals surface area contributed by atoms with E-state index in [1.54, 1.807) is 25.4 Å². The molecule has 31 heavy (non-hydrogen) atoms. The Kier molecular flexibility index (Phi) is 6.42. The van der Waals surface area contributed by atoms with Gasteiger partial charge >= 0.3 is 0 Å². The molecule has 0 aliphatic carbocycles. The number of hydrogen-bond acceptors (Lipinski definition) is 3. The second-order valence-corrected chi connectivity index (χ2v) is 7.02. The molecule has 0 fully saturated rings. The highest BCUT2D eigenvalue weighted by molar-refractivity contribution is 5.83. The second-order valence-electron chi connectivity index (χ2n) is 7.02. The molecule has 4 aromatic rings. The Labute approximate surface area is 180 Å². The van der Waals surface area contributed by atoms with Crippen LogP contribution in [0.3, 0.4) is 0 Å². The van der Waals surface area contributed by atoms with Crippen molar-refractivity contribution in [2.45, 2.75) is 13.0 Å². The van der Waals surface area contributed by atoms with Crippen molar-refractivity contribution in [3.8, 4) is 11.6 Å². The molecular weight excluding hydrogens is 393 g/mol. The largest absolute Gasteiger partial charge is 0.439 e. The Morgan fingerprint density at radius 3 is 2.77 bits per heavy atom. The zero-order valence-corrected chi connectivity index (χ0v) is 17.2. The van der Waals surface area contributed by atoms with E-state index in [9.17, 15) is 4.39 Å². The number of halogens is 1. The third kappa shape index (κ3) is 5.39. The molecule has 0 aliphatic rings. The van der Waals surface area contributed by atoms with Crippen LogP contribution in [0.1, 0.15) is 11.1 Å². The van der Waals surface area contributed by atoms with Crippen LogP contribution < -0.4 is 15.4 Å². The van der Waals surface area contributed by atoms with E-state index in [-0.39, 0.29) is 5.82 Å². The summed E-state index contributed by atoms with van der Waals surface area (Å²) < 4.78 is 18.7. The Balaban J connectivity index is 1.29. The number of aliphatic imine (C=N–C) groups is 1. The third-order valence-electron chi connectivity index (χ3n) is 4.88. The summed E-state index contributed by atoms with van der Waals surface area (Å²) in [4.78, 5) is 11.8.